The fourth-order valence-corrected chi connectivity index (χ4v) is 8.55. The molecule has 4 aromatic rings. The molecule has 3 N–H and O–H groups in total. The van der Waals surface area contributed by atoms with Gasteiger partial charge in [0.15, 0.2) is 33.9 Å². The molecule has 18 nitrogen and oxygen atoms in total. The molecule has 0 aliphatic heterocycles. The van der Waals surface area contributed by atoms with E-state index in [0.29, 0.717) is 87.8 Å². The van der Waals surface area contributed by atoms with Crippen molar-refractivity contribution in [1.82, 2.24) is 16.0 Å². The topological polar surface area (TPSA) is 222 Å². The Morgan fingerprint density at radius 3 is 1.52 bits per heavy atom. The summed E-state index contributed by atoms with van der Waals surface area (Å²) in [6, 6.07) is 10.4. The van der Waals surface area contributed by atoms with Gasteiger partial charge >= 0.3 is 24.1 Å². The van der Waals surface area contributed by atoms with Gasteiger partial charge in [-0.05, 0) is 109 Å². The molecule has 3 amide bonds. The number of esters is 2. The first-order valence-electron chi connectivity index (χ1n) is 21.3. The van der Waals surface area contributed by atoms with Crippen molar-refractivity contribution in [2.75, 3.05) is 63.4 Å². The summed E-state index contributed by atoms with van der Waals surface area (Å²) >= 11 is 0. The molecule has 2 atom stereocenters. The third-order valence-corrected chi connectivity index (χ3v) is 11.8. The molecule has 0 saturated carbocycles. The normalized spacial score (nSPS) is 14.7. The molecule has 2 aliphatic rings. The lowest BCUT2D eigenvalue weighted by molar-refractivity contribution is 0.0212. The van der Waals surface area contributed by atoms with Crippen LogP contribution in [0.15, 0.2) is 58.1 Å². The highest BCUT2D eigenvalue weighted by molar-refractivity contribution is 5.91. The van der Waals surface area contributed by atoms with E-state index in [9.17, 15) is 28.8 Å². The minimum atomic E-state index is -1.10. The maximum atomic E-state index is 13.9. The summed E-state index contributed by atoms with van der Waals surface area (Å²) in [5.41, 5.74) is 1.93. The number of urea groups is 1. The summed E-state index contributed by atoms with van der Waals surface area (Å²) in [7, 11) is 11.3. The highest BCUT2D eigenvalue weighted by atomic mass is 16.6. The van der Waals surface area contributed by atoms with Crippen molar-refractivity contribution in [1.29, 1.82) is 0 Å². The molecule has 0 heterocycles. The van der Waals surface area contributed by atoms with Crippen molar-refractivity contribution in [3.63, 3.8) is 0 Å². The molecule has 0 radical (unpaired) electrons. The van der Waals surface area contributed by atoms with Gasteiger partial charge in [-0.25, -0.2) is 19.2 Å². The number of methoxy groups -OCH3 is 7. The Kier molecular flexibility index (Phi) is 15.2. The summed E-state index contributed by atoms with van der Waals surface area (Å²) in [5.74, 6) is 0.323. The quantitative estimate of drug-likeness (QED) is 0.0942. The van der Waals surface area contributed by atoms with Gasteiger partial charge < -0.3 is 58.6 Å². The van der Waals surface area contributed by atoms with Gasteiger partial charge in [0.1, 0.15) is 16.7 Å². The number of benzene rings is 2. The summed E-state index contributed by atoms with van der Waals surface area (Å²) in [6.45, 7) is 3.50. The Labute approximate surface area is 387 Å². The maximum Gasteiger partial charge on any atom is 0.408 e. The van der Waals surface area contributed by atoms with Gasteiger partial charge in [0.05, 0.1) is 68.5 Å². The lowest BCUT2D eigenvalue weighted by Gasteiger charge is -2.27. The number of alkyl carbamates (subject to hydrolysis) is 1. The Morgan fingerprint density at radius 1 is 0.612 bits per heavy atom. The van der Waals surface area contributed by atoms with Crippen LogP contribution in [0.5, 0.6) is 34.5 Å². The van der Waals surface area contributed by atoms with Crippen molar-refractivity contribution in [3.05, 3.63) is 102 Å². The largest absolute Gasteiger partial charge is 0.493 e. The summed E-state index contributed by atoms with van der Waals surface area (Å²) in [6.07, 6.45) is 0.946. The molecule has 356 valence electrons. The van der Waals surface area contributed by atoms with Gasteiger partial charge in [-0.1, -0.05) is 12.1 Å². The molecule has 0 spiro atoms. The van der Waals surface area contributed by atoms with Gasteiger partial charge in [0.2, 0.25) is 11.5 Å². The Hall–Kier alpha value is -7.50. The van der Waals surface area contributed by atoms with E-state index in [2.05, 4.69) is 16.0 Å². The minimum Gasteiger partial charge on any atom is -0.493 e. The predicted molar refractivity (Wildman–Crippen MR) is 245 cm³/mol. The van der Waals surface area contributed by atoms with E-state index in [4.69, 9.17) is 42.6 Å². The summed E-state index contributed by atoms with van der Waals surface area (Å²) < 4.78 is 51.1. The number of fused-ring (bicyclic) bond motifs is 6. The number of amides is 3. The smallest absolute Gasteiger partial charge is 0.408 e. The zero-order chi connectivity index (χ0) is 48.7. The molecule has 0 aromatic heterocycles. The van der Waals surface area contributed by atoms with E-state index >= 15 is 0 Å². The predicted octanol–water partition coefficient (Wildman–Crippen LogP) is 6.23. The number of hydrogen-bond acceptors (Lipinski definition) is 15. The van der Waals surface area contributed by atoms with Crippen LogP contribution in [-0.2, 0) is 27.1 Å². The van der Waals surface area contributed by atoms with Crippen LogP contribution in [0, 0.1) is 0 Å². The van der Waals surface area contributed by atoms with E-state index < -0.39 is 52.6 Å². The third-order valence-electron chi connectivity index (χ3n) is 11.8. The highest BCUT2D eigenvalue weighted by Crippen LogP contribution is 2.52. The first-order valence-corrected chi connectivity index (χ1v) is 21.3. The molecule has 0 saturated heterocycles. The molecule has 18 heteroatoms. The molecule has 0 fully saturated rings. The van der Waals surface area contributed by atoms with E-state index in [1.54, 1.807) is 32.0 Å². The molecule has 0 bridgehead atoms. The van der Waals surface area contributed by atoms with Crippen LogP contribution in [0.25, 0.3) is 22.3 Å². The van der Waals surface area contributed by atoms with Gasteiger partial charge in [0.25, 0.3) is 0 Å². The average Bonchev–Trinajstić information content (AvgIpc) is 3.71. The Balaban J connectivity index is 1.28. The Bertz CT molecular complexity index is 2720. The molecule has 2 aliphatic carbocycles. The lowest BCUT2D eigenvalue weighted by atomic mass is 9.95. The van der Waals surface area contributed by atoms with Crippen molar-refractivity contribution >= 4 is 24.1 Å². The standard InChI is InChI=1S/C49H55N3O15/c1-49(2,67-48(58)52-34-18-12-25-21-37(59-4)41(60-5)43(62-7)39(25)28-14-16-30(46(56)65-10)36(54)24-32(28)34)19-20-66-38-22-26-11-17-33(51-47(57)50-3)31-23-35(53)29(45(55)64-9)15-13-27(31)40(26)44(63-8)42(38)61-6/h13-16,21-24,33-34H,11-12,17-20H2,1-10H3,(H,52,58)(H2,50,51,57)/t33-,34-/m0/s1. The van der Waals surface area contributed by atoms with Gasteiger partial charge in [-0.15, -0.1) is 0 Å². The number of rotatable bonds is 14. The zero-order valence-electron chi connectivity index (χ0n) is 39.1. The zero-order valence-corrected chi connectivity index (χ0v) is 39.1. The molecular formula is C49H55N3O15. The second-order valence-corrected chi connectivity index (χ2v) is 16.2. The number of hydrogen-bond donors (Lipinski definition) is 3. The van der Waals surface area contributed by atoms with Crippen molar-refractivity contribution in [2.24, 2.45) is 0 Å². The van der Waals surface area contributed by atoms with E-state index in [-0.39, 0.29) is 29.9 Å². The van der Waals surface area contributed by atoms with Gasteiger partial charge in [0, 0.05) is 24.6 Å². The van der Waals surface area contributed by atoms with E-state index in [1.807, 2.05) is 6.07 Å². The van der Waals surface area contributed by atoms with Crippen molar-refractivity contribution < 1.29 is 61.8 Å². The van der Waals surface area contributed by atoms with Crippen LogP contribution in [0.3, 0.4) is 0 Å². The van der Waals surface area contributed by atoms with Crippen molar-refractivity contribution in [2.45, 2.75) is 63.6 Å². The van der Waals surface area contributed by atoms with Gasteiger partial charge in [-0.2, -0.15) is 0 Å². The first kappa shape index (κ1) is 48.9. The first-order chi connectivity index (χ1) is 32.1. The van der Waals surface area contributed by atoms with Crippen LogP contribution in [0.4, 0.5) is 9.59 Å². The fourth-order valence-electron chi connectivity index (χ4n) is 8.55. The summed E-state index contributed by atoms with van der Waals surface area (Å²) in [4.78, 5) is 78.7. The third kappa shape index (κ3) is 10.0. The van der Waals surface area contributed by atoms with Crippen LogP contribution < -0.4 is 55.2 Å². The van der Waals surface area contributed by atoms with Crippen LogP contribution in [-0.4, -0.2) is 93.1 Å². The molecule has 67 heavy (non-hydrogen) atoms. The van der Waals surface area contributed by atoms with Crippen LogP contribution in [0.1, 0.15) is 88.2 Å². The van der Waals surface area contributed by atoms with Crippen molar-refractivity contribution in [3.8, 4) is 56.8 Å². The van der Waals surface area contributed by atoms with Crippen LogP contribution >= 0.6 is 0 Å². The molecular weight excluding hydrogens is 871 g/mol. The van der Waals surface area contributed by atoms with E-state index in [0.717, 1.165) is 11.1 Å². The second kappa shape index (κ2) is 20.8. The number of nitrogens with one attached hydrogen (secondary N) is 3. The minimum absolute atomic E-state index is 0.0454. The Morgan fingerprint density at radius 2 is 1.07 bits per heavy atom. The number of carbonyl (C=O) groups is 4. The molecule has 6 rings (SSSR count). The fraction of sp³-hybridized carbons (Fsp3) is 0.388. The number of aryl methyl sites for hydroxylation is 2. The van der Waals surface area contributed by atoms with Gasteiger partial charge in [-0.3, -0.25) is 9.59 Å². The monoisotopic (exact) mass is 925 g/mol. The second-order valence-electron chi connectivity index (χ2n) is 16.2. The average molecular weight is 926 g/mol. The highest BCUT2D eigenvalue weighted by Gasteiger charge is 2.34. The van der Waals surface area contributed by atoms with Crippen LogP contribution in [0.2, 0.25) is 0 Å². The molecule has 0 unspecified atom stereocenters. The lowest BCUT2D eigenvalue weighted by Crippen LogP contribution is -2.37. The maximum absolute atomic E-state index is 13.9. The van der Waals surface area contributed by atoms with E-state index in [1.165, 1.54) is 81.1 Å². The SMILES string of the molecule is CNC(=O)N[C@H]1CCc2cc(OCCC(C)(C)OC(=O)N[C@H]3CCc4cc(OC)c(OC)c(OC)c4-c4ccc(C(=O)OC)c(=O)cc43)c(OC)c(OC)c2-c2ccc(C(=O)OC)c(=O)cc21. The summed E-state index contributed by atoms with van der Waals surface area (Å²) in [5, 5.41) is 8.43. The number of carbonyl (C=O) groups excluding carboxylic acids is 4. The number of ether oxygens (including phenoxy) is 9. The molecule has 4 aromatic carbocycles.